The number of carbonyl (C=O) groups excluding carboxylic acids is 1. The number of piperazine rings is 1. The Hall–Kier alpha value is -3.45. The monoisotopic (exact) mass is 402 g/mol. The summed E-state index contributed by atoms with van der Waals surface area (Å²) in [6, 6.07) is 19.5. The van der Waals surface area contributed by atoms with Gasteiger partial charge in [-0.15, -0.1) is 0 Å². The Morgan fingerprint density at radius 2 is 1.67 bits per heavy atom. The number of hydrogen-bond donors (Lipinski definition) is 1. The standard InChI is InChI=1S/C23H26N6O/c1-27-12-14-29(15-13-27)23(30)18-8-10-19(11-9-18)26-21-16-22(25-17-24-21)28(2)20-6-4-3-5-7-20/h3-11,16-17H,12-15H2,1-2H3,(H,24,25,26). The normalized spacial score (nSPS) is 14.4. The first-order valence-corrected chi connectivity index (χ1v) is 10.1. The first kappa shape index (κ1) is 19.8. The van der Waals surface area contributed by atoms with Crippen molar-refractivity contribution in [2.75, 3.05) is 50.5 Å². The summed E-state index contributed by atoms with van der Waals surface area (Å²) >= 11 is 0. The lowest BCUT2D eigenvalue weighted by Gasteiger charge is -2.32. The number of anilines is 4. The number of nitrogens with zero attached hydrogens (tertiary/aromatic N) is 5. The van der Waals surface area contributed by atoms with E-state index < -0.39 is 0 Å². The van der Waals surface area contributed by atoms with Crippen LogP contribution in [0.25, 0.3) is 0 Å². The van der Waals surface area contributed by atoms with Crippen molar-refractivity contribution in [3.8, 4) is 0 Å². The van der Waals surface area contributed by atoms with Crippen LogP contribution in [0.3, 0.4) is 0 Å². The van der Waals surface area contributed by atoms with Gasteiger partial charge in [-0.2, -0.15) is 0 Å². The van der Waals surface area contributed by atoms with Crippen LogP contribution >= 0.6 is 0 Å². The van der Waals surface area contributed by atoms with Crippen LogP contribution in [-0.2, 0) is 0 Å². The molecule has 4 rings (SSSR count). The van der Waals surface area contributed by atoms with Crippen molar-refractivity contribution in [3.63, 3.8) is 0 Å². The fraction of sp³-hybridized carbons (Fsp3) is 0.261. The Labute approximate surface area is 177 Å². The van der Waals surface area contributed by atoms with Gasteiger partial charge in [-0.25, -0.2) is 9.97 Å². The maximum atomic E-state index is 12.7. The number of benzene rings is 2. The quantitative estimate of drug-likeness (QED) is 0.706. The van der Waals surface area contributed by atoms with Crippen LogP contribution < -0.4 is 10.2 Å². The lowest BCUT2D eigenvalue weighted by Crippen LogP contribution is -2.47. The van der Waals surface area contributed by atoms with Crippen molar-refractivity contribution in [2.45, 2.75) is 0 Å². The molecule has 0 saturated carbocycles. The Balaban J connectivity index is 1.43. The topological polar surface area (TPSA) is 64.6 Å². The molecular weight excluding hydrogens is 376 g/mol. The molecule has 7 heteroatoms. The average molecular weight is 403 g/mol. The fourth-order valence-electron chi connectivity index (χ4n) is 3.42. The molecule has 1 amide bonds. The van der Waals surface area contributed by atoms with Crippen LogP contribution in [0.15, 0.2) is 67.0 Å². The Kier molecular flexibility index (Phi) is 5.90. The molecule has 0 bridgehead atoms. The van der Waals surface area contributed by atoms with Gasteiger partial charge < -0.3 is 20.0 Å². The van der Waals surface area contributed by atoms with Crippen molar-refractivity contribution >= 4 is 28.9 Å². The van der Waals surface area contributed by atoms with Crippen molar-refractivity contribution in [3.05, 3.63) is 72.6 Å². The van der Waals surface area contributed by atoms with Gasteiger partial charge in [0.05, 0.1) is 0 Å². The molecular formula is C23H26N6O. The molecule has 2 heterocycles. The van der Waals surface area contributed by atoms with Crippen molar-refractivity contribution in [1.82, 2.24) is 19.8 Å². The second-order valence-corrected chi connectivity index (χ2v) is 7.45. The molecule has 1 saturated heterocycles. The molecule has 0 spiro atoms. The number of nitrogens with one attached hydrogen (secondary N) is 1. The molecule has 1 aromatic heterocycles. The predicted octanol–water partition coefficient (Wildman–Crippen LogP) is 3.38. The summed E-state index contributed by atoms with van der Waals surface area (Å²) in [5.74, 6) is 1.57. The van der Waals surface area contributed by atoms with Crippen LogP contribution in [0.1, 0.15) is 10.4 Å². The first-order valence-electron chi connectivity index (χ1n) is 10.1. The van der Waals surface area contributed by atoms with Crippen molar-refractivity contribution in [2.24, 2.45) is 0 Å². The third kappa shape index (κ3) is 4.58. The summed E-state index contributed by atoms with van der Waals surface area (Å²) in [4.78, 5) is 27.5. The zero-order valence-corrected chi connectivity index (χ0v) is 17.3. The van der Waals surface area contributed by atoms with Crippen molar-refractivity contribution < 1.29 is 4.79 Å². The third-order valence-electron chi connectivity index (χ3n) is 5.33. The molecule has 1 aliphatic rings. The third-order valence-corrected chi connectivity index (χ3v) is 5.33. The summed E-state index contributed by atoms with van der Waals surface area (Å²) in [6.07, 6.45) is 1.54. The highest BCUT2D eigenvalue weighted by molar-refractivity contribution is 5.94. The predicted molar refractivity (Wildman–Crippen MR) is 120 cm³/mol. The molecule has 2 aromatic carbocycles. The molecule has 154 valence electrons. The van der Waals surface area contributed by atoms with Gasteiger partial charge in [0.15, 0.2) is 0 Å². The van der Waals surface area contributed by atoms with Crippen molar-refractivity contribution in [1.29, 1.82) is 0 Å². The zero-order chi connectivity index (χ0) is 20.9. The van der Waals surface area contributed by atoms with E-state index in [1.165, 1.54) is 0 Å². The van der Waals surface area contributed by atoms with E-state index in [4.69, 9.17) is 0 Å². The summed E-state index contributed by atoms with van der Waals surface area (Å²) in [5.41, 5.74) is 2.63. The van der Waals surface area contributed by atoms with E-state index in [1.54, 1.807) is 6.33 Å². The number of aromatic nitrogens is 2. The SMILES string of the molecule is CN1CCN(C(=O)c2ccc(Nc3cc(N(C)c4ccccc4)ncn3)cc2)CC1. The molecule has 1 N–H and O–H groups in total. The van der Waals surface area contributed by atoms with E-state index in [9.17, 15) is 4.79 Å². The Morgan fingerprint density at radius 1 is 0.967 bits per heavy atom. The molecule has 7 nitrogen and oxygen atoms in total. The summed E-state index contributed by atoms with van der Waals surface area (Å²) in [5, 5.41) is 3.29. The maximum Gasteiger partial charge on any atom is 0.253 e. The summed E-state index contributed by atoms with van der Waals surface area (Å²) in [7, 11) is 4.05. The minimum Gasteiger partial charge on any atom is -0.340 e. The molecule has 3 aromatic rings. The zero-order valence-electron chi connectivity index (χ0n) is 17.3. The van der Waals surface area contributed by atoms with Gasteiger partial charge in [0.25, 0.3) is 5.91 Å². The van der Waals surface area contributed by atoms with E-state index >= 15 is 0 Å². The number of rotatable bonds is 5. The smallest absolute Gasteiger partial charge is 0.253 e. The van der Waals surface area contributed by atoms with Crippen LogP contribution in [-0.4, -0.2) is 65.9 Å². The van der Waals surface area contributed by atoms with Crippen LogP contribution in [0.4, 0.5) is 23.0 Å². The van der Waals surface area contributed by atoms with Gasteiger partial charge in [0.2, 0.25) is 0 Å². The fourth-order valence-corrected chi connectivity index (χ4v) is 3.42. The molecule has 0 unspecified atom stereocenters. The minimum atomic E-state index is 0.0865. The van der Waals surface area contributed by atoms with E-state index in [0.29, 0.717) is 11.4 Å². The van der Waals surface area contributed by atoms with E-state index in [0.717, 1.165) is 43.4 Å². The first-order chi connectivity index (χ1) is 14.6. The van der Waals surface area contributed by atoms with Crippen LogP contribution in [0.5, 0.6) is 0 Å². The Morgan fingerprint density at radius 3 is 2.37 bits per heavy atom. The highest BCUT2D eigenvalue weighted by atomic mass is 16.2. The highest BCUT2D eigenvalue weighted by Crippen LogP contribution is 2.24. The summed E-state index contributed by atoms with van der Waals surface area (Å²) in [6.45, 7) is 3.37. The molecule has 1 fully saturated rings. The number of likely N-dealkylation sites (N-methyl/N-ethyl adjacent to an activating group) is 1. The van der Waals surface area contributed by atoms with Crippen LogP contribution in [0, 0.1) is 0 Å². The van der Waals surface area contributed by atoms with Gasteiger partial charge in [-0.1, -0.05) is 18.2 Å². The number of amides is 1. The number of hydrogen-bond acceptors (Lipinski definition) is 6. The van der Waals surface area contributed by atoms with Gasteiger partial charge in [-0.3, -0.25) is 4.79 Å². The Bertz CT molecular complexity index is 984. The van der Waals surface area contributed by atoms with Crippen LogP contribution in [0.2, 0.25) is 0 Å². The molecule has 1 aliphatic heterocycles. The van der Waals surface area contributed by atoms with Gasteiger partial charge in [0.1, 0.15) is 18.0 Å². The van der Waals surface area contributed by atoms with Gasteiger partial charge in [-0.05, 0) is 43.4 Å². The number of para-hydroxylation sites is 1. The second-order valence-electron chi connectivity index (χ2n) is 7.45. The summed E-state index contributed by atoms with van der Waals surface area (Å²) < 4.78 is 0. The molecule has 0 aliphatic carbocycles. The van der Waals surface area contributed by atoms with E-state index in [-0.39, 0.29) is 5.91 Å². The van der Waals surface area contributed by atoms with E-state index in [2.05, 4.69) is 27.2 Å². The molecule has 30 heavy (non-hydrogen) atoms. The minimum absolute atomic E-state index is 0.0865. The molecule has 0 atom stereocenters. The van der Waals surface area contributed by atoms with E-state index in [1.807, 2.05) is 77.5 Å². The second kappa shape index (κ2) is 8.92. The highest BCUT2D eigenvalue weighted by Gasteiger charge is 2.20. The van der Waals surface area contributed by atoms with Gasteiger partial charge in [0, 0.05) is 56.2 Å². The molecule has 0 radical (unpaired) electrons. The van der Waals surface area contributed by atoms with Gasteiger partial charge >= 0.3 is 0 Å². The average Bonchev–Trinajstić information content (AvgIpc) is 2.80. The number of carbonyl (C=O) groups is 1. The lowest BCUT2D eigenvalue weighted by atomic mass is 10.1. The largest absolute Gasteiger partial charge is 0.340 e. The maximum absolute atomic E-state index is 12.7. The lowest BCUT2D eigenvalue weighted by molar-refractivity contribution is 0.0664.